The Bertz CT molecular complexity index is 379. The van der Waals surface area contributed by atoms with E-state index in [0.717, 1.165) is 18.3 Å². The van der Waals surface area contributed by atoms with Crippen molar-refractivity contribution in [3.05, 3.63) is 23.9 Å². The molecule has 1 aliphatic carbocycles. The molecular formula is C14H22N2. The molecule has 2 heteroatoms. The van der Waals surface area contributed by atoms with Gasteiger partial charge in [-0.15, -0.1) is 0 Å². The number of hydrogen-bond acceptors (Lipinski definition) is 2. The summed E-state index contributed by atoms with van der Waals surface area (Å²) in [6, 6.07) is 4.07. The van der Waals surface area contributed by atoms with Crippen LogP contribution >= 0.6 is 0 Å². The van der Waals surface area contributed by atoms with E-state index in [0.29, 0.717) is 10.8 Å². The number of nitrogens with zero attached hydrogens (tertiary/aromatic N) is 1. The normalized spacial score (nSPS) is 21.8. The summed E-state index contributed by atoms with van der Waals surface area (Å²) >= 11 is 0. The summed E-state index contributed by atoms with van der Waals surface area (Å²) in [5, 5.41) is 3.48. The standard InChI is InChI=1S/C14H22N2/c1-10-7-6-8-15-12(10)16-9-11-13(2,3)14(11,4)5/h6-8,11H,9H2,1-5H3,(H,15,16). The zero-order valence-electron chi connectivity index (χ0n) is 11.0. The Balaban J connectivity index is 1.98. The average molecular weight is 218 g/mol. The molecule has 0 aliphatic heterocycles. The first kappa shape index (κ1) is 11.4. The molecule has 0 amide bonds. The smallest absolute Gasteiger partial charge is 0.128 e. The highest BCUT2D eigenvalue weighted by Gasteiger charge is 2.64. The Hall–Kier alpha value is -1.05. The molecule has 16 heavy (non-hydrogen) atoms. The molecule has 88 valence electrons. The van der Waals surface area contributed by atoms with Crippen LogP contribution in [0.15, 0.2) is 18.3 Å². The summed E-state index contributed by atoms with van der Waals surface area (Å²) < 4.78 is 0. The van der Waals surface area contributed by atoms with Gasteiger partial charge in [0.25, 0.3) is 0 Å². The van der Waals surface area contributed by atoms with Crippen molar-refractivity contribution >= 4 is 5.82 Å². The minimum atomic E-state index is 0.447. The molecule has 1 fully saturated rings. The van der Waals surface area contributed by atoms with Gasteiger partial charge in [-0.1, -0.05) is 33.8 Å². The van der Waals surface area contributed by atoms with Crippen molar-refractivity contribution in [2.24, 2.45) is 16.7 Å². The van der Waals surface area contributed by atoms with Gasteiger partial charge in [-0.25, -0.2) is 4.98 Å². The van der Waals surface area contributed by atoms with Crippen molar-refractivity contribution in [3.63, 3.8) is 0 Å². The molecule has 1 aromatic heterocycles. The lowest BCUT2D eigenvalue weighted by atomic mass is 10.0. The minimum absolute atomic E-state index is 0.447. The predicted molar refractivity (Wildman–Crippen MR) is 68.5 cm³/mol. The van der Waals surface area contributed by atoms with Crippen LogP contribution in [0.1, 0.15) is 33.3 Å². The molecule has 1 N–H and O–H groups in total. The first-order chi connectivity index (χ1) is 7.37. The zero-order chi connectivity index (χ0) is 12.0. The zero-order valence-corrected chi connectivity index (χ0v) is 11.0. The van der Waals surface area contributed by atoms with Crippen LogP contribution in [0.2, 0.25) is 0 Å². The van der Waals surface area contributed by atoms with Gasteiger partial charge in [0.15, 0.2) is 0 Å². The molecule has 2 rings (SSSR count). The molecule has 2 nitrogen and oxygen atoms in total. The molecule has 0 spiro atoms. The fraction of sp³-hybridized carbons (Fsp3) is 0.643. The van der Waals surface area contributed by atoms with Crippen LogP contribution in [0.3, 0.4) is 0 Å². The largest absolute Gasteiger partial charge is 0.370 e. The highest BCUT2D eigenvalue weighted by Crippen LogP contribution is 2.68. The second-order valence-electron chi connectivity index (χ2n) is 6.05. The number of aromatic nitrogens is 1. The number of pyridine rings is 1. The van der Waals surface area contributed by atoms with Crippen molar-refractivity contribution in [2.45, 2.75) is 34.6 Å². The van der Waals surface area contributed by atoms with E-state index in [4.69, 9.17) is 0 Å². The molecule has 1 saturated carbocycles. The molecule has 0 radical (unpaired) electrons. The molecule has 1 aliphatic rings. The number of rotatable bonds is 3. The molecule has 0 unspecified atom stereocenters. The van der Waals surface area contributed by atoms with E-state index in [9.17, 15) is 0 Å². The lowest BCUT2D eigenvalue weighted by Crippen LogP contribution is -2.10. The minimum Gasteiger partial charge on any atom is -0.370 e. The predicted octanol–water partition coefficient (Wildman–Crippen LogP) is 3.48. The molecule has 1 heterocycles. The van der Waals surface area contributed by atoms with Crippen LogP contribution in [0.4, 0.5) is 5.82 Å². The number of aryl methyl sites for hydroxylation is 1. The third-order valence-electron chi connectivity index (χ3n) is 4.80. The first-order valence-electron chi connectivity index (χ1n) is 6.03. The van der Waals surface area contributed by atoms with E-state index >= 15 is 0 Å². The van der Waals surface area contributed by atoms with Crippen LogP contribution in [0.5, 0.6) is 0 Å². The molecule has 0 atom stereocenters. The van der Waals surface area contributed by atoms with E-state index in [1.807, 2.05) is 12.3 Å². The lowest BCUT2D eigenvalue weighted by molar-refractivity contribution is 0.457. The van der Waals surface area contributed by atoms with Gasteiger partial charge in [-0.2, -0.15) is 0 Å². The van der Waals surface area contributed by atoms with Crippen LogP contribution in [-0.2, 0) is 0 Å². The molecule has 0 aromatic carbocycles. The summed E-state index contributed by atoms with van der Waals surface area (Å²) in [4.78, 5) is 4.36. The number of nitrogens with one attached hydrogen (secondary N) is 1. The van der Waals surface area contributed by atoms with E-state index in [-0.39, 0.29) is 0 Å². The summed E-state index contributed by atoms with van der Waals surface area (Å²) in [6.07, 6.45) is 1.85. The van der Waals surface area contributed by atoms with E-state index < -0.39 is 0 Å². The highest BCUT2D eigenvalue weighted by molar-refractivity contribution is 5.43. The van der Waals surface area contributed by atoms with Gasteiger partial charge in [-0.05, 0) is 35.3 Å². The Morgan fingerprint density at radius 2 is 1.88 bits per heavy atom. The van der Waals surface area contributed by atoms with Crippen molar-refractivity contribution in [1.29, 1.82) is 0 Å². The Kier molecular flexibility index (Phi) is 2.48. The lowest BCUT2D eigenvalue weighted by Gasteiger charge is -2.08. The summed E-state index contributed by atoms with van der Waals surface area (Å²) in [5.41, 5.74) is 2.12. The number of anilines is 1. The Morgan fingerprint density at radius 1 is 1.25 bits per heavy atom. The summed E-state index contributed by atoms with van der Waals surface area (Å²) in [5.74, 6) is 1.77. The Labute approximate surface area is 98.5 Å². The van der Waals surface area contributed by atoms with E-state index in [1.165, 1.54) is 5.56 Å². The maximum Gasteiger partial charge on any atom is 0.128 e. The van der Waals surface area contributed by atoms with Crippen LogP contribution < -0.4 is 5.32 Å². The third-order valence-corrected chi connectivity index (χ3v) is 4.80. The summed E-state index contributed by atoms with van der Waals surface area (Å²) in [6.45, 7) is 12.5. The monoisotopic (exact) mass is 218 g/mol. The van der Waals surface area contributed by atoms with Crippen LogP contribution in [0, 0.1) is 23.7 Å². The van der Waals surface area contributed by atoms with Gasteiger partial charge >= 0.3 is 0 Å². The highest BCUT2D eigenvalue weighted by atomic mass is 15.0. The molecule has 0 bridgehead atoms. The second kappa shape index (κ2) is 3.47. The maximum absolute atomic E-state index is 4.36. The van der Waals surface area contributed by atoms with Crippen molar-refractivity contribution < 1.29 is 0 Å². The van der Waals surface area contributed by atoms with Gasteiger partial charge in [0.05, 0.1) is 0 Å². The maximum atomic E-state index is 4.36. The van der Waals surface area contributed by atoms with Crippen molar-refractivity contribution in [1.82, 2.24) is 4.98 Å². The quantitative estimate of drug-likeness (QED) is 0.840. The average Bonchev–Trinajstić information content (AvgIpc) is 2.58. The van der Waals surface area contributed by atoms with Crippen LogP contribution in [0.25, 0.3) is 0 Å². The second-order valence-corrected chi connectivity index (χ2v) is 6.05. The topological polar surface area (TPSA) is 24.9 Å². The molecule has 0 saturated heterocycles. The van der Waals surface area contributed by atoms with Gasteiger partial charge in [0, 0.05) is 12.7 Å². The number of hydrogen-bond donors (Lipinski definition) is 1. The van der Waals surface area contributed by atoms with Gasteiger partial charge in [0.2, 0.25) is 0 Å². The van der Waals surface area contributed by atoms with Gasteiger partial charge in [-0.3, -0.25) is 0 Å². The third kappa shape index (κ3) is 1.60. The molecular weight excluding hydrogens is 196 g/mol. The SMILES string of the molecule is Cc1cccnc1NCC1C(C)(C)C1(C)C. The molecule has 1 aromatic rings. The van der Waals surface area contributed by atoms with Crippen molar-refractivity contribution in [3.8, 4) is 0 Å². The van der Waals surface area contributed by atoms with E-state index in [1.54, 1.807) is 0 Å². The fourth-order valence-electron chi connectivity index (χ4n) is 2.71. The van der Waals surface area contributed by atoms with Crippen molar-refractivity contribution in [2.75, 3.05) is 11.9 Å². The van der Waals surface area contributed by atoms with E-state index in [2.05, 4.69) is 51.0 Å². The first-order valence-corrected chi connectivity index (χ1v) is 6.03. The van der Waals surface area contributed by atoms with Gasteiger partial charge < -0.3 is 5.32 Å². The van der Waals surface area contributed by atoms with Gasteiger partial charge in [0.1, 0.15) is 5.82 Å². The fourth-order valence-corrected chi connectivity index (χ4v) is 2.71. The van der Waals surface area contributed by atoms with Crippen LogP contribution in [-0.4, -0.2) is 11.5 Å². The summed E-state index contributed by atoms with van der Waals surface area (Å²) in [7, 11) is 0. The Morgan fingerprint density at radius 3 is 2.38 bits per heavy atom.